The van der Waals surface area contributed by atoms with E-state index < -0.39 is 6.10 Å². The van der Waals surface area contributed by atoms with Crippen LogP contribution in [0.3, 0.4) is 0 Å². The third kappa shape index (κ3) is 4.40. The molecule has 3 N–H and O–H groups in total. The third-order valence-corrected chi connectivity index (χ3v) is 3.58. The van der Waals surface area contributed by atoms with E-state index in [2.05, 4.69) is 10.6 Å². The monoisotopic (exact) mass is 304 g/mol. The van der Waals surface area contributed by atoms with Gasteiger partial charge in [0.1, 0.15) is 0 Å². The second kappa shape index (κ2) is 7.01. The molecule has 1 aromatic heterocycles. The lowest BCUT2D eigenvalue weighted by Gasteiger charge is -2.08. The number of thiophene rings is 1. The standard InChI is InChI=1S/C15H16N2O3S/c1-10(18)9-16-14(19)11-4-6-12(7-5-11)17-15(20)13-3-2-8-21-13/h2-8,10,18H,9H2,1H3,(H,16,19)(H,17,20). The summed E-state index contributed by atoms with van der Waals surface area (Å²) in [6, 6.07) is 10.2. The van der Waals surface area contributed by atoms with Gasteiger partial charge in [0.25, 0.3) is 11.8 Å². The maximum Gasteiger partial charge on any atom is 0.265 e. The van der Waals surface area contributed by atoms with Crippen molar-refractivity contribution in [2.45, 2.75) is 13.0 Å². The maximum atomic E-state index is 11.9. The van der Waals surface area contributed by atoms with Crippen LogP contribution in [0.25, 0.3) is 0 Å². The van der Waals surface area contributed by atoms with Crippen LogP contribution in [0.5, 0.6) is 0 Å². The van der Waals surface area contributed by atoms with Gasteiger partial charge in [0.05, 0.1) is 11.0 Å². The number of hydrogen-bond donors (Lipinski definition) is 3. The summed E-state index contributed by atoms with van der Waals surface area (Å²) in [5.74, 6) is -0.427. The number of carbonyl (C=O) groups excluding carboxylic acids is 2. The number of benzene rings is 1. The van der Waals surface area contributed by atoms with Gasteiger partial charge >= 0.3 is 0 Å². The predicted octanol–water partition coefficient (Wildman–Crippen LogP) is 2.11. The first kappa shape index (κ1) is 15.2. The Labute approximate surface area is 126 Å². The molecule has 1 aromatic carbocycles. The molecule has 1 atom stereocenters. The summed E-state index contributed by atoms with van der Waals surface area (Å²) in [6.45, 7) is 1.80. The normalized spacial score (nSPS) is 11.7. The molecule has 21 heavy (non-hydrogen) atoms. The van der Waals surface area contributed by atoms with Crippen molar-refractivity contribution in [3.05, 3.63) is 52.2 Å². The first-order chi connectivity index (χ1) is 10.1. The van der Waals surface area contributed by atoms with Crippen LogP contribution >= 0.6 is 11.3 Å². The highest BCUT2D eigenvalue weighted by Crippen LogP contribution is 2.14. The fraction of sp³-hybridized carbons (Fsp3) is 0.200. The molecule has 0 saturated heterocycles. The zero-order valence-electron chi connectivity index (χ0n) is 11.5. The van der Waals surface area contributed by atoms with Gasteiger partial charge in [-0.1, -0.05) is 6.07 Å². The van der Waals surface area contributed by atoms with E-state index in [1.54, 1.807) is 37.3 Å². The minimum Gasteiger partial charge on any atom is -0.392 e. The summed E-state index contributed by atoms with van der Waals surface area (Å²) < 4.78 is 0. The quantitative estimate of drug-likeness (QED) is 0.791. The van der Waals surface area contributed by atoms with Crippen molar-refractivity contribution in [3.8, 4) is 0 Å². The van der Waals surface area contributed by atoms with E-state index in [1.807, 2.05) is 11.4 Å². The van der Waals surface area contributed by atoms with Gasteiger partial charge in [-0.15, -0.1) is 11.3 Å². The highest BCUT2D eigenvalue weighted by molar-refractivity contribution is 7.12. The molecule has 5 nitrogen and oxygen atoms in total. The van der Waals surface area contributed by atoms with Crippen LogP contribution in [-0.2, 0) is 0 Å². The van der Waals surface area contributed by atoms with E-state index >= 15 is 0 Å². The zero-order valence-corrected chi connectivity index (χ0v) is 12.3. The Kier molecular flexibility index (Phi) is 5.08. The molecule has 6 heteroatoms. The molecule has 0 spiro atoms. The molecule has 2 aromatic rings. The smallest absolute Gasteiger partial charge is 0.265 e. The van der Waals surface area contributed by atoms with Crippen LogP contribution in [0, 0.1) is 0 Å². The third-order valence-electron chi connectivity index (χ3n) is 2.71. The lowest BCUT2D eigenvalue weighted by molar-refractivity contribution is 0.0923. The van der Waals surface area contributed by atoms with Crippen LogP contribution in [0.1, 0.15) is 27.0 Å². The molecule has 0 fully saturated rings. The Hall–Kier alpha value is -2.18. The fourth-order valence-corrected chi connectivity index (χ4v) is 2.27. The van der Waals surface area contributed by atoms with Gasteiger partial charge in [-0.05, 0) is 42.6 Å². The molecule has 1 heterocycles. The largest absolute Gasteiger partial charge is 0.392 e. The van der Waals surface area contributed by atoms with Crippen LogP contribution in [0.15, 0.2) is 41.8 Å². The van der Waals surface area contributed by atoms with Gasteiger partial charge in [-0.2, -0.15) is 0 Å². The van der Waals surface area contributed by atoms with Crippen molar-refractivity contribution in [2.75, 3.05) is 11.9 Å². The molecule has 2 amide bonds. The van der Waals surface area contributed by atoms with Crippen LogP contribution in [-0.4, -0.2) is 29.6 Å². The molecular formula is C15H16N2O3S. The van der Waals surface area contributed by atoms with E-state index in [1.165, 1.54) is 11.3 Å². The van der Waals surface area contributed by atoms with E-state index in [0.717, 1.165) is 0 Å². The van der Waals surface area contributed by atoms with E-state index in [0.29, 0.717) is 16.1 Å². The highest BCUT2D eigenvalue weighted by Gasteiger charge is 2.09. The van der Waals surface area contributed by atoms with Gasteiger partial charge in [-0.25, -0.2) is 0 Å². The number of hydrogen-bond acceptors (Lipinski definition) is 4. The second-order valence-corrected chi connectivity index (χ2v) is 5.52. The van der Waals surface area contributed by atoms with Gasteiger partial charge in [-0.3, -0.25) is 9.59 Å². The molecular weight excluding hydrogens is 288 g/mol. The Morgan fingerprint density at radius 1 is 1.19 bits per heavy atom. The second-order valence-electron chi connectivity index (χ2n) is 4.57. The highest BCUT2D eigenvalue weighted by atomic mass is 32.1. The minimum atomic E-state index is -0.585. The molecule has 0 radical (unpaired) electrons. The first-order valence-corrected chi connectivity index (χ1v) is 7.35. The minimum absolute atomic E-state index is 0.170. The van der Waals surface area contributed by atoms with E-state index in [4.69, 9.17) is 5.11 Å². The topological polar surface area (TPSA) is 78.4 Å². The molecule has 0 aliphatic rings. The Morgan fingerprint density at radius 3 is 2.48 bits per heavy atom. The summed E-state index contributed by atoms with van der Waals surface area (Å²) in [4.78, 5) is 24.3. The lowest BCUT2D eigenvalue weighted by atomic mass is 10.2. The molecule has 110 valence electrons. The summed E-state index contributed by atoms with van der Waals surface area (Å²) in [5.41, 5.74) is 1.10. The van der Waals surface area contributed by atoms with Crippen molar-refractivity contribution >= 4 is 28.8 Å². The van der Waals surface area contributed by atoms with Gasteiger partial charge in [0, 0.05) is 17.8 Å². The SMILES string of the molecule is CC(O)CNC(=O)c1ccc(NC(=O)c2cccs2)cc1. The molecule has 0 aliphatic carbocycles. The number of carbonyl (C=O) groups is 2. The van der Waals surface area contributed by atoms with Crippen LogP contribution in [0.4, 0.5) is 5.69 Å². The first-order valence-electron chi connectivity index (χ1n) is 6.47. The van der Waals surface area contributed by atoms with Crippen molar-refractivity contribution in [3.63, 3.8) is 0 Å². The number of rotatable bonds is 5. The molecule has 0 aliphatic heterocycles. The van der Waals surface area contributed by atoms with Crippen LogP contribution in [0.2, 0.25) is 0 Å². The van der Waals surface area contributed by atoms with Crippen molar-refractivity contribution < 1.29 is 14.7 Å². The predicted molar refractivity (Wildman–Crippen MR) is 82.7 cm³/mol. The molecule has 0 saturated carbocycles. The average molecular weight is 304 g/mol. The zero-order chi connectivity index (χ0) is 15.2. The molecule has 0 bridgehead atoms. The average Bonchev–Trinajstić information content (AvgIpc) is 3.00. The number of nitrogens with one attached hydrogen (secondary N) is 2. The maximum absolute atomic E-state index is 11.9. The van der Waals surface area contributed by atoms with E-state index in [9.17, 15) is 9.59 Å². The summed E-state index contributed by atoms with van der Waals surface area (Å²) >= 11 is 1.37. The van der Waals surface area contributed by atoms with Gasteiger partial charge < -0.3 is 15.7 Å². The van der Waals surface area contributed by atoms with Crippen molar-refractivity contribution in [1.82, 2.24) is 5.32 Å². The van der Waals surface area contributed by atoms with E-state index in [-0.39, 0.29) is 18.4 Å². The summed E-state index contributed by atoms with van der Waals surface area (Å²) in [7, 11) is 0. The fourth-order valence-electron chi connectivity index (χ4n) is 1.65. The number of aliphatic hydroxyl groups is 1. The Bertz CT molecular complexity index is 606. The number of anilines is 1. The molecule has 1 unspecified atom stereocenters. The Balaban J connectivity index is 1.96. The number of amides is 2. The summed E-state index contributed by atoms with van der Waals surface area (Å²) in [5, 5.41) is 16.3. The van der Waals surface area contributed by atoms with Gasteiger partial charge in [0.15, 0.2) is 0 Å². The summed E-state index contributed by atoms with van der Waals surface area (Å²) in [6.07, 6.45) is -0.585. The van der Waals surface area contributed by atoms with Crippen molar-refractivity contribution in [2.24, 2.45) is 0 Å². The van der Waals surface area contributed by atoms with Gasteiger partial charge in [0.2, 0.25) is 0 Å². The van der Waals surface area contributed by atoms with Crippen molar-refractivity contribution in [1.29, 1.82) is 0 Å². The Morgan fingerprint density at radius 2 is 1.90 bits per heavy atom. The lowest BCUT2D eigenvalue weighted by Crippen LogP contribution is -2.30. The molecule has 2 rings (SSSR count). The number of aliphatic hydroxyl groups excluding tert-OH is 1. The van der Waals surface area contributed by atoms with Crippen LogP contribution < -0.4 is 10.6 Å².